The quantitative estimate of drug-likeness (QED) is 0.528. The molecule has 0 aromatic rings. The van der Waals surface area contributed by atoms with Crippen molar-refractivity contribution in [3.8, 4) is 4.97 Å². The van der Waals surface area contributed by atoms with Gasteiger partial charge < -0.3 is 0 Å². The molecule has 0 heterocycles. The summed E-state index contributed by atoms with van der Waals surface area (Å²) in [7, 11) is 0. The van der Waals surface area contributed by atoms with Gasteiger partial charge in [-0.2, -0.15) is 0 Å². The zero-order chi connectivity index (χ0) is 2.71. The molecular weight excluding hydrogens is 221 g/mol. The van der Waals surface area contributed by atoms with Crippen LogP contribution >= 0.6 is 0 Å². The first-order valence-corrected chi connectivity index (χ1v) is 0.952. The minimum Gasteiger partial charge on any atom is 0 e. The van der Waals surface area contributed by atoms with Crippen LogP contribution in [0.1, 0.15) is 0 Å². The first-order valence-electron chi connectivity index (χ1n) is 0.400. The van der Waals surface area contributed by atoms with Gasteiger partial charge in [0.2, 0.25) is 0 Å². The molecule has 0 aliphatic rings. The molecule has 0 aliphatic heterocycles. The Hall–Kier alpha value is 1.20. The fraction of sp³-hybridized carbons (Fsp3) is 0. The molecule has 0 aliphatic carbocycles. The summed E-state index contributed by atoms with van der Waals surface area (Å²) in [6, 6.07) is 0. The summed E-state index contributed by atoms with van der Waals surface area (Å²) in [5, 5.41) is 7.21. The fourth-order valence-electron chi connectivity index (χ4n) is 0. The van der Waals surface area contributed by atoms with E-state index in [9.17, 15) is 0 Å². The Bertz CT molecular complexity index is 29.5. The molecule has 3 heteroatoms. The number of rotatable bonds is 0. The zero-order valence-electron chi connectivity index (χ0n) is 1.88. The van der Waals surface area contributed by atoms with E-state index in [1.165, 1.54) is 4.97 Å². The van der Waals surface area contributed by atoms with Crippen molar-refractivity contribution in [1.82, 2.24) is 0 Å². The molecule has 0 spiro atoms. The summed E-state index contributed by atoms with van der Waals surface area (Å²) in [6.45, 7) is 0. The second-order valence-corrected chi connectivity index (χ2v) is 0.326. The fourth-order valence-corrected chi connectivity index (χ4v) is 0. The van der Waals surface area contributed by atoms with Gasteiger partial charge in [0.15, 0.2) is 0 Å². The van der Waals surface area contributed by atoms with Gasteiger partial charge in [-0.05, 0) is 0 Å². The van der Waals surface area contributed by atoms with Crippen molar-refractivity contribution in [2.45, 2.75) is 0 Å². The molecule has 4 heavy (non-hydrogen) atoms. The van der Waals surface area contributed by atoms with E-state index in [-0.39, 0.29) is 35.6 Å². The molecule has 0 rings (SSSR count). The SMILES string of the molecule is N#[C][Fe].[La]. The van der Waals surface area contributed by atoms with Crippen molar-refractivity contribution in [2.75, 3.05) is 0 Å². The Kier molecular flexibility index (Phi) is 19.9. The summed E-state index contributed by atoms with van der Waals surface area (Å²) < 4.78 is 0. The van der Waals surface area contributed by atoms with Gasteiger partial charge in [0.25, 0.3) is 0 Å². The van der Waals surface area contributed by atoms with Crippen molar-refractivity contribution in [1.29, 1.82) is 5.26 Å². The van der Waals surface area contributed by atoms with Gasteiger partial charge in [-0.3, -0.25) is 0 Å². The molecule has 0 N–H and O–H groups in total. The monoisotopic (exact) mass is 221 g/mol. The van der Waals surface area contributed by atoms with E-state index >= 15 is 0 Å². The summed E-state index contributed by atoms with van der Waals surface area (Å²) in [5.41, 5.74) is 0. The second kappa shape index (κ2) is 8.88. The predicted octanol–water partition coefficient (Wildman–Crippen LogP) is 0.0143. The van der Waals surface area contributed by atoms with Crippen LogP contribution in [0.5, 0.6) is 0 Å². The third kappa shape index (κ3) is 10.7. The zero-order valence-corrected chi connectivity index (χ0v) is 6.61. The molecule has 0 saturated carbocycles. The van der Waals surface area contributed by atoms with Crippen molar-refractivity contribution in [3.63, 3.8) is 0 Å². The van der Waals surface area contributed by atoms with Gasteiger partial charge in [0.1, 0.15) is 0 Å². The first kappa shape index (κ1) is 8.96. The number of nitrogens with zero attached hydrogens (tertiary/aromatic N) is 1. The molecule has 0 bridgehead atoms. The van der Waals surface area contributed by atoms with Crippen LogP contribution in [0.2, 0.25) is 0 Å². The Morgan fingerprint density at radius 3 is 1.75 bits per heavy atom. The number of hydrogen-bond acceptors (Lipinski definition) is 1. The van der Waals surface area contributed by atoms with E-state index in [2.05, 4.69) is 16.0 Å². The van der Waals surface area contributed by atoms with E-state index in [0.29, 0.717) is 0 Å². The average Bonchev–Trinajstić information content (AvgIpc) is 0.918. The van der Waals surface area contributed by atoms with E-state index in [1.54, 1.807) is 0 Å². The van der Waals surface area contributed by atoms with Gasteiger partial charge in [-0.1, -0.05) is 0 Å². The van der Waals surface area contributed by atoms with Gasteiger partial charge in [0.05, 0.1) is 0 Å². The molecule has 20 valence electrons. The Morgan fingerprint density at radius 2 is 1.75 bits per heavy atom. The average molecular weight is 221 g/mol. The van der Waals surface area contributed by atoms with Crippen LogP contribution in [0, 0.1) is 45.8 Å². The normalized spacial score (nSPS) is 2.00. The molecule has 0 fully saturated rings. The van der Waals surface area contributed by atoms with Gasteiger partial charge in [-0.15, -0.1) is 0 Å². The van der Waals surface area contributed by atoms with E-state index < -0.39 is 0 Å². The molecular formula is CFeLaN. The van der Waals surface area contributed by atoms with E-state index in [1.807, 2.05) is 0 Å². The number of nitriles is 1. The van der Waals surface area contributed by atoms with Crippen molar-refractivity contribution in [3.05, 3.63) is 0 Å². The van der Waals surface area contributed by atoms with Crippen LogP contribution < -0.4 is 0 Å². The molecule has 0 aromatic carbocycles. The van der Waals surface area contributed by atoms with Gasteiger partial charge in [0, 0.05) is 35.6 Å². The smallest absolute Gasteiger partial charge is 0 e. The minimum absolute atomic E-state index is 0. The van der Waals surface area contributed by atoms with Crippen LogP contribution in [-0.4, -0.2) is 0 Å². The van der Waals surface area contributed by atoms with Gasteiger partial charge in [-0.25, -0.2) is 0 Å². The van der Waals surface area contributed by atoms with Crippen LogP contribution in [0.4, 0.5) is 0 Å². The Labute approximate surface area is 61.2 Å². The van der Waals surface area contributed by atoms with Crippen LogP contribution in [0.3, 0.4) is 0 Å². The molecule has 0 unspecified atom stereocenters. The summed E-state index contributed by atoms with van der Waals surface area (Å²) in [5.74, 6) is 0. The molecule has 0 amide bonds. The second-order valence-electron chi connectivity index (χ2n) is 0.0791. The Balaban J connectivity index is 0. The topological polar surface area (TPSA) is 23.8 Å². The maximum Gasteiger partial charge on any atom is 0 e. The molecule has 0 atom stereocenters. The molecule has 0 aromatic heterocycles. The van der Waals surface area contributed by atoms with Crippen LogP contribution in [0.15, 0.2) is 0 Å². The largest absolute Gasteiger partial charge is 0 e. The van der Waals surface area contributed by atoms with Crippen molar-refractivity contribution < 1.29 is 51.6 Å². The maximum absolute atomic E-state index is 7.21. The van der Waals surface area contributed by atoms with Gasteiger partial charge >= 0.3 is 26.2 Å². The maximum atomic E-state index is 7.21. The molecule has 0 saturated heterocycles. The van der Waals surface area contributed by atoms with Crippen LogP contribution in [-0.2, 0) is 16.0 Å². The third-order valence-corrected chi connectivity index (χ3v) is 0. The van der Waals surface area contributed by atoms with Crippen molar-refractivity contribution >= 4 is 0 Å². The first-order chi connectivity index (χ1) is 1.41. The Morgan fingerprint density at radius 1 is 1.75 bits per heavy atom. The van der Waals surface area contributed by atoms with Crippen LogP contribution in [0.25, 0.3) is 0 Å². The third-order valence-electron chi connectivity index (χ3n) is 0. The van der Waals surface area contributed by atoms with Crippen molar-refractivity contribution in [2.24, 2.45) is 0 Å². The van der Waals surface area contributed by atoms with E-state index in [4.69, 9.17) is 5.26 Å². The summed E-state index contributed by atoms with van der Waals surface area (Å²) in [6.07, 6.45) is 0. The minimum atomic E-state index is 0. The predicted molar refractivity (Wildman–Crippen MR) is 5.61 cm³/mol. The summed E-state index contributed by atoms with van der Waals surface area (Å²) >= 11 is 2.79. The number of hydrogen-bond donors (Lipinski definition) is 0. The molecule has 1 radical (unpaired) electrons. The van der Waals surface area contributed by atoms with E-state index in [0.717, 1.165) is 0 Å². The summed E-state index contributed by atoms with van der Waals surface area (Å²) in [4.78, 5) is 1.50. The standard InChI is InChI=1S/CN.Fe.La/c1-2;;. The molecule has 1 nitrogen and oxygen atoms in total.